The average molecular weight is 469 g/mol. The molecule has 1 N–H and O–H groups in total. The molecule has 0 bridgehead atoms. The summed E-state index contributed by atoms with van der Waals surface area (Å²) < 4.78 is 46.2. The number of hydrogen-bond donors (Lipinski definition) is 1. The third-order valence-electron chi connectivity index (χ3n) is 5.30. The molecule has 9 heteroatoms. The van der Waals surface area contributed by atoms with Crippen molar-refractivity contribution in [2.24, 2.45) is 0 Å². The monoisotopic (exact) mass is 468 g/mol. The van der Waals surface area contributed by atoms with Gasteiger partial charge in [-0.3, -0.25) is 9.52 Å². The number of carbonyl (C=O) groups is 2. The van der Waals surface area contributed by atoms with Gasteiger partial charge in [-0.25, -0.2) is 17.6 Å². The van der Waals surface area contributed by atoms with Crippen LogP contribution in [0.15, 0.2) is 77.7 Å². The molecule has 0 unspecified atom stereocenters. The summed E-state index contributed by atoms with van der Waals surface area (Å²) in [5.74, 6) is -1.78. The maximum atomic E-state index is 13.1. The number of hydrogen-bond acceptors (Lipinski definition) is 5. The first kappa shape index (κ1) is 22.5. The molecular formula is C24H21FN2O5S. The van der Waals surface area contributed by atoms with Crippen LogP contribution in [0.25, 0.3) is 0 Å². The summed E-state index contributed by atoms with van der Waals surface area (Å²) in [6.07, 6.45) is -0.359. The minimum absolute atomic E-state index is 0.0157. The molecule has 1 amide bonds. The van der Waals surface area contributed by atoms with E-state index in [2.05, 4.69) is 4.72 Å². The van der Waals surface area contributed by atoms with Gasteiger partial charge in [-0.05, 0) is 61.4 Å². The molecule has 0 saturated carbocycles. The molecule has 0 aromatic heterocycles. The number of fused-ring (bicyclic) bond motifs is 1. The van der Waals surface area contributed by atoms with Crippen LogP contribution in [-0.4, -0.2) is 32.9 Å². The summed E-state index contributed by atoms with van der Waals surface area (Å²) in [6, 6.07) is 17.7. The molecule has 4 rings (SSSR count). The lowest BCUT2D eigenvalue weighted by molar-refractivity contribution is -0.126. The summed E-state index contributed by atoms with van der Waals surface area (Å²) >= 11 is 0. The van der Waals surface area contributed by atoms with Crippen molar-refractivity contribution in [1.29, 1.82) is 0 Å². The first-order valence-electron chi connectivity index (χ1n) is 10.2. The Bertz CT molecular complexity index is 1310. The second-order valence-corrected chi connectivity index (χ2v) is 9.20. The first-order valence-corrected chi connectivity index (χ1v) is 11.7. The lowest BCUT2D eigenvalue weighted by Crippen LogP contribution is -2.39. The van der Waals surface area contributed by atoms with Crippen molar-refractivity contribution >= 4 is 33.3 Å². The Hall–Kier alpha value is -3.72. The van der Waals surface area contributed by atoms with Crippen LogP contribution < -0.4 is 9.62 Å². The number of carbonyl (C=O) groups excluding carboxylic acids is 2. The van der Waals surface area contributed by atoms with E-state index in [1.807, 2.05) is 24.3 Å². The van der Waals surface area contributed by atoms with Crippen LogP contribution in [-0.2, 0) is 26.0 Å². The second-order valence-electron chi connectivity index (χ2n) is 7.52. The number of sulfonamides is 1. The van der Waals surface area contributed by atoms with Gasteiger partial charge in [0, 0.05) is 12.2 Å². The van der Waals surface area contributed by atoms with E-state index < -0.39 is 27.9 Å². The van der Waals surface area contributed by atoms with Crippen LogP contribution in [0.3, 0.4) is 0 Å². The third-order valence-corrected chi connectivity index (χ3v) is 6.68. The molecule has 1 aliphatic rings. The lowest BCUT2D eigenvalue weighted by Gasteiger charge is -2.22. The quantitative estimate of drug-likeness (QED) is 0.556. The van der Waals surface area contributed by atoms with E-state index >= 15 is 0 Å². The molecule has 170 valence electrons. The first-order chi connectivity index (χ1) is 15.8. The smallest absolute Gasteiger partial charge is 0.341 e. The molecule has 0 saturated heterocycles. The zero-order chi connectivity index (χ0) is 23.6. The van der Waals surface area contributed by atoms with Crippen molar-refractivity contribution in [3.63, 3.8) is 0 Å². The van der Waals surface area contributed by atoms with Crippen LogP contribution in [0.2, 0.25) is 0 Å². The van der Waals surface area contributed by atoms with Crippen LogP contribution in [0.1, 0.15) is 22.8 Å². The molecule has 1 heterocycles. The second kappa shape index (κ2) is 9.03. The Labute approximate surface area is 190 Å². The molecule has 1 atom stereocenters. The van der Waals surface area contributed by atoms with Crippen LogP contribution >= 0.6 is 0 Å². The van der Waals surface area contributed by atoms with Crippen LogP contribution in [0, 0.1) is 5.82 Å². The number of ether oxygens (including phenoxy) is 1. The molecule has 3 aromatic rings. The minimum Gasteiger partial charge on any atom is -0.449 e. The van der Waals surface area contributed by atoms with Crippen molar-refractivity contribution in [3.8, 4) is 0 Å². The zero-order valence-electron chi connectivity index (χ0n) is 17.7. The third kappa shape index (κ3) is 4.73. The molecule has 1 aliphatic heterocycles. The topological polar surface area (TPSA) is 92.8 Å². The number of nitrogens with zero attached hydrogens (tertiary/aromatic N) is 1. The van der Waals surface area contributed by atoms with Crippen molar-refractivity contribution < 1.29 is 27.1 Å². The number of esters is 1. The molecule has 7 nitrogen and oxygen atoms in total. The van der Waals surface area contributed by atoms with E-state index in [9.17, 15) is 22.4 Å². The number of halogens is 1. The van der Waals surface area contributed by atoms with Crippen LogP contribution in [0.4, 0.5) is 15.8 Å². The van der Waals surface area contributed by atoms with Gasteiger partial charge < -0.3 is 9.64 Å². The summed E-state index contributed by atoms with van der Waals surface area (Å²) in [6.45, 7) is 1.97. The predicted molar refractivity (Wildman–Crippen MR) is 121 cm³/mol. The predicted octanol–water partition coefficient (Wildman–Crippen LogP) is 3.76. The van der Waals surface area contributed by atoms with Crippen molar-refractivity contribution in [2.75, 3.05) is 16.2 Å². The fourth-order valence-electron chi connectivity index (χ4n) is 3.63. The molecule has 0 radical (unpaired) electrons. The molecule has 33 heavy (non-hydrogen) atoms. The number of benzene rings is 3. The van der Waals surface area contributed by atoms with E-state index in [4.69, 9.17) is 4.74 Å². The van der Waals surface area contributed by atoms with Gasteiger partial charge >= 0.3 is 5.97 Å². The highest BCUT2D eigenvalue weighted by atomic mass is 32.2. The van der Waals surface area contributed by atoms with E-state index in [1.165, 1.54) is 19.1 Å². The van der Waals surface area contributed by atoms with E-state index in [0.717, 1.165) is 41.9 Å². The Kier molecular flexibility index (Phi) is 6.15. The van der Waals surface area contributed by atoms with Gasteiger partial charge in [0.1, 0.15) is 5.82 Å². The Morgan fingerprint density at radius 3 is 2.42 bits per heavy atom. The molecule has 3 aromatic carbocycles. The normalized spacial score (nSPS) is 13.8. The Morgan fingerprint density at radius 2 is 1.67 bits per heavy atom. The van der Waals surface area contributed by atoms with Gasteiger partial charge in [0.15, 0.2) is 6.10 Å². The summed E-state index contributed by atoms with van der Waals surface area (Å²) in [5.41, 5.74) is 1.77. The molecule has 0 spiro atoms. The highest BCUT2D eigenvalue weighted by Crippen LogP contribution is 2.28. The number of amides is 1. The Balaban J connectivity index is 1.50. The zero-order valence-corrected chi connectivity index (χ0v) is 18.5. The van der Waals surface area contributed by atoms with Crippen molar-refractivity contribution in [3.05, 3.63) is 89.7 Å². The Morgan fingerprint density at radius 1 is 1.00 bits per heavy atom. The molecule has 0 aliphatic carbocycles. The number of rotatable bonds is 6. The fourth-order valence-corrected chi connectivity index (χ4v) is 4.71. The van der Waals surface area contributed by atoms with E-state index in [1.54, 1.807) is 17.0 Å². The summed E-state index contributed by atoms with van der Waals surface area (Å²) in [7, 11) is -4.08. The summed E-state index contributed by atoms with van der Waals surface area (Å²) in [4.78, 5) is 27.2. The highest BCUT2D eigenvalue weighted by molar-refractivity contribution is 7.92. The maximum absolute atomic E-state index is 13.1. The summed E-state index contributed by atoms with van der Waals surface area (Å²) in [5, 5.41) is 0. The van der Waals surface area contributed by atoms with Crippen LogP contribution in [0.5, 0.6) is 0 Å². The van der Waals surface area contributed by atoms with Crippen molar-refractivity contribution in [1.82, 2.24) is 0 Å². The largest absolute Gasteiger partial charge is 0.449 e. The number of anilines is 2. The van der Waals surface area contributed by atoms with Crippen molar-refractivity contribution in [2.45, 2.75) is 24.3 Å². The lowest BCUT2D eigenvalue weighted by atomic mass is 10.2. The standard InChI is InChI=1S/C24H21FN2O5S/c1-16(23(28)27-15-14-17-6-2-5-9-22(17)27)32-24(29)20-7-3-4-8-21(20)26-33(30,31)19-12-10-18(25)11-13-19/h2-13,16,26H,14-15H2,1H3/t16-/m0/s1. The highest BCUT2D eigenvalue weighted by Gasteiger charge is 2.30. The average Bonchev–Trinajstić information content (AvgIpc) is 3.23. The van der Waals surface area contributed by atoms with E-state index in [0.29, 0.717) is 6.54 Å². The van der Waals surface area contributed by atoms with Gasteiger partial charge in [-0.15, -0.1) is 0 Å². The van der Waals surface area contributed by atoms with E-state index in [-0.39, 0.29) is 22.1 Å². The SMILES string of the molecule is C[C@H](OC(=O)c1ccccc1NS(=O)(=O)c1ccc(F)cc1)C(=O)N1CCc2ccccc21. The van der Waals surface area contributed by atoms with Gasteiger partial charge in [0.25, 0.3) is 15.9 Å². The number of nitrogens with one attached hydrogen (secondary N) is 1. The number of para-hydroxylation sites is 2. The van der Waals surface area contributed by atoms with Gasteiger partial charge in [-0.2, -0.15) is 0 Å². The maximum Gasteiger partial charge on any atom is 0.341 e. The molecular weight excluding hydrogens is 447 g/mol. The molecule has 0 fully saturated rings. The minimum atomic E-state index is -4.08. The fraction of sp³-hybridized carbons (Fsp3) is 0.167. The van der Waals surface area contributed by atoms with Gasteiger partial charge in [-0.1, -0.05) is 30.3 Å². The van der Waals surface area contributed by atoms with Gasteiger partial charge in [0.2, 0.25) is 0 Å². The van der Waals surface area contributed by atoms with Gasteiger partial charge in [0.05, 0.1) is 16.1 Å².